The number of nitrogens with two attached hydrogens (primary N) is 1. The predicted molar refractivity (Wildman–Crippen MR) is 52.4 cm³/mol. The summed E-state index contributed by atoms with van der Waals surface area (Å²) in [6.07, 6.45) is 2.32. The fourth-order valence-corrected chi connectivity index (χ4v) is 1.73. The van der Waals surface area contributed by atoms with E-state index in [2.05, 4.69) is 10.6 Å². The van der Waals surface area contributed by atoms with E-state index < -0.39 is 0 Å². The van der Waals surface area contributed by atoms with Crippen molar-refractivity contribution in [3.05, 3.63) is 0 Å². The molecule has 4 N–H and O–H groups in total. The Morgan fingerprint density at radius 3 is 2.64 bits per heavy atom. The van der Waals surface area contributed by atoms with Crippen molar-refractivity contribution in [1.82, 2.24) is 10.6 Å². The first-order chi connectivity index (χ1) is 6.58. The Bertz CT molecular complexity index is 230. The molecule has 5 nitrogen and oxygen atoms in total. The van der Waals surface area contributed by atoms with Crippen LogP contribution in [0.5, 0.6) is 0 Å². The van der Waals surface area contributed by atoms with Gasteiger partial charge in [0, 0.05) is 32.0 Å². The third-order valence-corrected chi connectivity index (χ3v) is 2.38. The molecule has 0 aliphatic carbocycles. The molecule has 0 spiro atoms. The van der Waals surface area contributed by atoms with Crippen molar-refractivity contribution >= 4 is 11.8 Å². The molecule has 80 valence electrons. The summed E-state index contributed by atoms with van der Waals surface area (Å²) in [5, 5.41) is 6.01. The lowest BCUT2D eigenvalue weighted by Gasteiger charge is -2.13. The van der Waals surface area contributed by atoms with E-state index in [9.17, 15) is 9.59 Å². The topological polar surface area (TPSA) is 84.2 Å². The van der Waals surface area contributed by atoms with Gasteiger partial charge in [0.05, 0.1) is 0 Å². The lowest BCUT2D eigenvalue weighted by molar-refractivity contribution is -0.119. The third kappa shape index (κ3) is 3.74. The molecule has 5 heteroatoms. The van der Waals surface area contributed by atoms with Crippen molar-refractivity contribution in [1.29, 1.82) is 0 Å². The highest BCUT2D eigenvalue weighted by atomic mass is 16.1. The average molecular weight is 199 g/mol. The molecule has 0 unspecified atom stereocenters. The van der Waals surface area contributed by atoms with Crippen LogP contribution in [0.4, 0.5) is 0 Å². The second-order valence-electron chi connectivity index (χ2n) is 3.75. The Kier molecular flexibility index (Phi) is 3.88. The van der Waals surface area contributed by atoms with Crippen LogP contribution >= 0.6 is 0 Å². The molecule has 0 bridgehead atoms. The molecule has 1 fully saturated rings. The van der Waals surface area contributed by atoms with Gasteiger partial charge >= 0.3 is 0 Å². The van der Waals surface area contributed by atoms with Crippen molar-refractivity contribution in [2.24, 2.45) is 5.73 Å². The highest BCUT2D eigenvalue weighted by molar-refractivity contribution is 5.74. The quantitative estimate of drug-likeness (QED) is 0.549. The summed E-state index contributed by atoms with van der Waals surface area (Å²) in [7, 11) is 0. The highest BCUT2D eigenvalue weighted by Crippen LogP contribution is 2.13. The first-order valence-corrected chi connectivity index (χ1v) is 4.86. The number of hydrogen-bond donors (Lipinski definition) is 3. The zero-order valence-electron chi connectivity index (χ0n) is 8.38. The molecule has 1 saturated heterocycles. The molecule has 2 atom stereocenters. The van der Waals surface area contributed by atoms with E-state index in [1.54, 1.807) is 0 Å². The van der Waals surface area contributed by atoms with Gasteiger partial charge in [-0.25, -0.2) is 0 Å². The van der Waals surface area contributed by atoms with E-state index >= 15 is 0 Å². The van der Waals surface area contributed by atoms with Gasteiger partial charge in [0.25, 0.3) is 0 Å². The largest absolute Gasteiger partial charge is 0.370 e. The summed E-state index contributed by atoms with van der Waals surface area (Å²) in [5.74, 6) is -0.298. The van der Waals surface area contributed by atoms with Gasteiger partial charge in [-0.2, -0.15) is 0 Å². The fraction of sp³-hybridized carbons (Fsp3) is 0.778. The number of primary amides is 1. The van der Waals surface area contributed by atoms with Crippen LogP contribution in [0.2, 0.25) is 0 Å². The SMILES string of the molecule is CC(=O)NC[C@@H]1CC[C@H](CC(N)=O)N1. The summed E-state index contributed by atoms with van der Waals surface area (Å²) >= 11 is 0. The molecule has 0 saturated carbocycles. The van der Waals surface area contributed by atoms with E-state index in [0.717, 1.165) is 12.8 Å². The molecule has 1 rings (SSSR count). The maximum Gasteiger partial charge on any atom is 0.218 e. The van der Waals surface area contributed by atoms with Crippen LogP contribution in [0.25, 0.3) is 0 Å². The number of carbonyl (C=O) groups is 2. The van der Waals surface area contributed by atoms with E-state index in [1.807, 2.05) is 0 Å². The molecule has 1 aliphatic rings. The van der Waals surface area contributed by atoms with Gasteiger partial charge < -0.3 is 16.4 Å². The van der Waals surface area contributed by atoms with E-state index in [-0.39, 0.29) is 23.9 Å². The van der Waals surface area contributed by atoms with Crippen LogP contribution in [0.1, 0.15) is 26.2 Å². The van der Waals surface area contributed by atoms with Gasteiger partial charge in [0.15, 0.2) is 0 Å². The second kappa shape index (κ2) is 4.95. The molecule has 0 aromatic carbocycles. The molecule has 1 aliphatic heterocycles. The van der Waals surface area contributed by atoms with Crippen molar-refractivity contribution < 1.29 is 9.59 Å². The van der Waals surface area contributed by atoms with Gasteiger partial charge in [0.2, 0.25) is 11.8 Å². The molecule has 2 amide bonds. The lowest BCUT2D eigenvalue weighted by Crippen LogP contribution is -2.40. The first kappa shape index (κ1) is 11.0. The number of hydrogen-bond acceptors (Lipinski definition) is 3. The number of rotatable bonds is 4. The Labute approximate surface area is 83.4 Å². The Balaban J connectivity index is 2.20. The standard InChI is InChI=1S/C9H17N3O2/c1-6(13)11-5-8-3-2-7(12-8)4-9(10)14/h7-8,12H,2-5H2,1H3,(H2,10,14)(H,11,13)/t7-,8+/m1/s1. The van der Waals surface area contributed by atoms with E-state index in [0.29, 0.717) is 13.0 Å². The molecular formula is C9H17N3O2. The van der Waals surface area contributed by atoms with E-state index in [4.69, 9.17) is 5.73 Å². The van der Waals surface area contributed by atoms with Gasteiger partial charge in [-0.05, 0) is 12.8 Å². The highest BCUT2D eigenvalue weighted by Gasteiger charge is 2.24. The van der Waals surface area contributed by atoms with Gasteiger partial charge in [-0.15, -0.1) is 0 Å². The monoisotopic (exact) mass is 199 g/mol. The van der Waals surface area contributed by atoms with Crippen molar-refractivity contribution in [3.8, 4) is 0 Å². The van der Waals surface area contributed by atoms with Gasteiger partial charge in [-0.3, -0.25) is 9.59 Å². The second-order valence-corrected chi connectivity index (χ2v) is 3.75. The summed E-state index contributed by atoms with van der Waals surface area (Å²) < 4.78 is 0. The first-order valence-electron chi connectivity index (χ1n) is 4.86. The van der Waals surface area contributed by atoms with Crippen molar-refractivity contribution in [3.63, 3.8) is 0 Å². The van der Waals surface area contributed by atoms with Crippen LogP contribution in [-0.4, -0.2) is 30.4 Å². The number of amides is 2. The molecular weight excluding hydrogens is 182 g/mol. The van der Waals surface area contributed by atoms with Crippen molar-refractivity contribution in [2.45, 2.75) is 38.3 Å². The third-order valence-electron chi connectivity index (χ3n) is 2.38. The summed E-state index contributed by atoms with van der Waals surface area (Å²) in [5.41, 5.74) is 5.09. The molecule has 14 heavy (non-hydrogen) atoms. The van der Waals surface area contributed by atoms with Crippen LogP contribution < -0.4 is 16.4 Å². The average Bonchev–Trinajstić information content (AvgIpc) is 2.47. The molecule has 0 aromatic heterocycles. The van der Waals surface area contributed by atoms with E-state index in [1.165, 1.54) is 6.92 Å². The Morgan fingerprint density at radius 2 is 2.07 bits per heavy atom. The normalized spacial score (nSPS) is 26.1. The Morgan fingerprint density at radius 1 is 1.43 bits per heavy atom. The predicted octanol–water partition coefficient (Wildman–Crippen LogP) is -0.881. The van der Waals surface area contributed by atoms with Crippen LogP contribution in [0, 0.1) is 0 Å². The molecule has 0 radical (unpaired) electrons. The Hall–Kier alpha value is -1.10. The summed E-state index contributed by atoms with van der Waals surface area (Å²) in [6.45, 7) is 2.13. The minimum atomic E-state index is -0.275. The molecule has 0 aromatic rings. The lowest BCUT2D eigenvalue weighted by atomic mass is 10.1. The van der Waals surface area contributed by atoms with Crippen LogP contribution in [0.15, 0.2) is 0 Å². The minimum absolute atomic E-state index is 0.0230. The van der Waals surface area contributed by atoms with Crippen molar-refractivity contribution in [2.75, 3.05) is 6.54 Å². The zero-order chi connectivity index (χ0) is 10.6. The van der Waals surface area contributed by atoms with Gasteiger partial charge in [-0.1, -0.05) is 0 Å². The number of carbonyl (C=O) groups excluding carboxylic acids is 2. The summed E-state index contributed by atoms with van der Waals surface area (Å²) in [4.78, 5) is 21.3. The zero-order valence-corrected chi connectivity index (χ0v) is 8.38. The van der Waals surface area contributed by atoms with Crippen LogP contribution in [-0.2, 0) is 9.59 Å². The van der Waals surface area contributed by atoms with Crippen LogP contribution in [0.3, 0.4) is 0 Å². The fourth-order valence-electron chi connectivity index (χ4n) is 1.73. The maximum atomic E-state index is 10.6. The minimum Gasteiger partial charge on any atom is -0.370 e. The smallest absolute Gasteiger partial charge is 0.218 e. The van der Waals surface area contributed by atoms with Gasteiger partial charge in [0.1, 0.15) is 0 Å². The summed E-state index contributed by atoms with van der Waals surface area (Å²) in [6, 6.07) is 0.467. The molecule has 1 heterocycles. The maximum absolute atomic E-state index is 10.6. The number of nitrogens with one attached hydrogen (secondary N) is 2.